The molecule has 1 aromatic carbocycles. The van der Waals surface area contributed by atoms with Crippen LogP contribution < -0.4 is 16.4 Å². The fraction of sp³-hybridized carbons (Fsp3) is 0.174. The molecule has 6 nitrogen and oxygen atoms in total. The molecule has 0 bridgehead atoms. The summed E-state index contributed by atoms with van der Waals surface area (Å²) in [5.41, 5.74) is 7.95. The number of carbonyl (C=O) groups excluding carboxylic acids is 2. The third-order valence-corrected chi connectivity index (χ3v) is 6.70. The van der Waals surface area contributed by atoms with Crippen LogP contribution in [-0.4, -0.2) is 16.9 Å². The number of nitrogens with one attached hydrogen (secondary N) is 2. The summed E-state index contributed by atoms with van der Waals surface area (Å²) in [7, 11) is 0. The van der Waals surface area contributed by atoms with E-state index in [0.717, 1.165) is 41.7 Å². The Morgan fingerprint density at radius 2 is 1.88 bits per heavy atom. The molecule has 0 radical (unpaired) electrons. The molecule has 0 fully saturated rings. The Labute approximate surface area is 199 Å². The third-order valence-electron chi connectivity index (χ3n) is 5.04. The number of halogens is 1. The normalized spacial score (nSPS) is 13.0. The molecule has 2 aromatic heterocycles. The van der Waals surface area contributed by atoms with Crippen LogP contribution in [0.25, 0.3) is 17.4 Å². The van der Waals surface area contributed by atoms with E-state index in [1.807, 2.05) is 18.2 Å². The van der Waals surface area contributed by atoms with E-state index in [9.17, 15) is 9.59 Å². The molecule has 2 amide bonds. The molecular weight excluding hydrogens is 466 g/mol. The molecule has 9 heteroatoms. The lowest BCUT2D eigenvalue weighted by Crippen LogP contribution is -2.33. The van der Waals surface area contributed by atoms with Crippen LogP contribution >= 0.6 is 35.2 Å². The van der Waals surface area contributed by atoms with Crippen molar-refractivity contribution in [1.29, 1.82) is 0 Å². The van der Waals surface area contributed by atoms with Crippen LogP contribution in [0.4, 0.5) is 5.00 Å². The van der Waals surface area contributed by atoms with E-state index in [1.165, 1.54) is 17.4 Å². The van der Waals surface area contributed by atoms with E-state index in [-0.39, 0.29) is 5.11 Å². The van der Waals surface area contributed by atoms with Gasteiger partial charge in [0.1, 0.15) is 16.5 Å². The number of carbonyl (C=O) groups is 2. The summed E-state index contributed by atoms with van der Waals surface area (Å²) in [6, 6.07) is 10.9. The lowest BCUT2D eigenvalue weighted by atomic mass is 9.95. The van der Waals surface area contributed by atoms with Gasteiger partial charge in [0.15, 0.2) is 5.11 Å². The zero-order chi connectivity index (χ0) is 22.7. The van der Waals surface area contributed by atoms with Crippen molar-refractivity contribution in [3.8, 4) is 11.3 Å². The topological polar surface area (TPSA) is 97.4 Å². The molecule has 32 heavy (non-hydrogen) atoms. The van der Waals surface area contributed by atoms with Gasteiger partial charge in [-0.2, -0.15) is 0 Å². The van der Waals surface area contributed by atoms with Crippen molar-refractivity contribution in [2.45, 2.75) is 25.7 Å². The van der Waals surface area contributed by atoms with Gasteiger partial charge in [-0.05, 0) is 85.9 Å². The summed E-state index contributed by atoms with van der Waals surface area (Å²) >= 11 is 12.6. The van der Waals surface area contributed by atoms with Crippen molar-refractivity contribution in [1.82, 2.24) is 5.32 Å². The van der Waals surface area contributed by atoms with Gasteiger partial charge < -0.3 is 15.5 Å². The highest BCUT2D eigenvalue weighted by atomic mass is 35.5. The Kier molecular flexibility index (Phi) is 6.74. The predicted octanol–water partition coefficient (Wildman–Crippen LogP) is 5.17. The number of fused-ring (bicyclic) bond motifs is 1. The zero-order valence-corrected chi connectivity index (χ0v) is 19.3. The van der Waals surface area contributed by atoms with Gasteiger partial charge in [-0.3, -0.25) is 14.9 Å². The zero-order valence-electron chi connectivity index (χ0n) is 16.9. The fourth-order valence-corrected chi connectivity index (χ4v) is 5.26. The van der Waals surface area contributed by atoms with Gasteiger partial charge in [0.2, 0.25) is 5.91 Å². The smallest absolute Gasteiger partial charge is 0.251 e. The number of primary amides is 1. The van der Waals surface area contributed by atoms with Crippen LogP contribution in [0, 0.1) is 0 Å². The second-order valence-corrected chi connectivity index (χ2v) is 9.21. The number of hydrogen-bond acceptors (Lipinski definition) is 5. The molecule has 1 aliphatic carbocycles. The number of amides is 2. The van der Waals surface area contributed by atoms with Crippen LogP contribution in [0.2, 0.25) is 5.02 Å². The van der Waals surface area contributed by atoms with E-state index in [2.05, 4.69) is 10.6 Å². The first kappa shape index (κ1) is 22.3. The average molecular weight is 486 g/mol. The molecule has 4 N–H and O–H groups in total. The standard InChI is InChI=1S/C23H20ClN3O3S2/c24-14-7-5-13(6-8-14)17-11-9-15(30-17)10-12-19(28)26-23(31)27-22-20(21(25)29)16-3-1-2-4-18(16)32-22/h5-12H,1-4H2,(H2,25,29)(H2,26,27,28,31). The van der Waals surface area contributed by atoms with Gasteiger partial charge in [-0.25, -0.2) is 0 Å². The Morgan fingerprint density at radius 3 is 2.62 bits per heavy atom. The van der Waals surface area contributed by atoms with Crippen molar-refractivity contribution < 1.29 is 14.0 Å². The van der Waals surface area contributed by atoms with Gasteiger partial charge in [0.05, 0.1) is 5.56 Å². The Hall–Kier alpha value is -2.94. The summed E-state index contributed by atoms with van der Waals surface area (Å²) < 4.78 is 5.74. The van der Waals surface area contributed by atoms with Gasteiger partial charge >= 0.3 is 0 Å². The van der Waals surface area contributed by atoms with Crippen LogP contribution in [0.1, 0.15) is 39.4 Å². The number of benzene rings is 1. The molecule has 0 atom stereocenters. The molecule has 3 aromatic rings. The van der Waals surface area contributed by atoms with E-state index in [0.29, 0.717) is 27.1 Å². The van der Waals surface area contributed by atoms with E-state index >= 15 is 0 Å². The highest BCUT2D eigenvalue weighted by molar-refractivity contribution is 7.80. The van der Waals surface area contributed by atoms with Crippen molar-refractivity contribution in [2.24, 2.45) is 5.73 Å². The van der Waals surface area contributed by atoms with Crippen molar-refractivity contribution >= 4 is 63.2 Å². The van der Waals surface area contributed by atoms with Crippen LogP contribution in [-0.2, 0) is 17.6 Å². The van der Waals surface area contributed by atoms with Gasteiger partial charge in [-0.1, -0.05) is 11.6 Å². The fourth-order valence-electron chi connectivity index (χ4n) is 3.57. The van der Waals surface area contributed by atoms with Crippen LogP contribution in [0.5, 0.6) is 0 Å². The Balaban J connectivity index is 1.38. The van der Waals surface area contributed by atoms with Gasteiger partial charge in [-0.15, -0.1) is 11.3 Å². The number of furan rings is 1. The minimum absolute atomic E-state index is 0.0991. The highest BCUT2D eigenvalue weighted by Crippen LogP contribution is 2.37. The molecule has 0 saturated carbocycles. The molecule has 4 rings (SSSR count). The number of thiophene rings is 1. The number of aryl methyl sites for hydroxylation is 1. The highest BCUT2D eigenvalue weighted by Gasteiger charge is 2.24. The minimum atomic E-state index is -0.491. The maximum atomic E-state index is 12.3. The van der Waals surface area contributed by atoms with Crippen molar-refractivity contribution in [3.63, 3.8) is 0 Å². The van der Waals surface area contributed by atoms with Gasteiger partial charge in [0.25, 0.3) is 5.91 Å². The first-order valence-electron chi connectivity index (χ1n) is 10.0. The first-order valence-corrected chi connectivity index (χ1v) is 11.6. The van der Waals surface area contributed by atoms with Crippen molar-refractivity contribution in [2.75, 3.05) is 5.32 Å². The Morgan fingerprint density at radius 1 is 1.12 bits per heavy atom. The second-order valence-electron chi connectivity index (χ2n) is 7.26. The summed E-state index contributed by atoms with van der Waals surface area (Å²) in [4.78, 5) is 25.4. The number of nitrogens with two attached hydrogens (primary N) is 1. The maximum Gasteiger partial charge on any atom is 0.251 e. The first-order chi connectivity index (χ1) is 15.4. The van der Waals surface area contributed by atoms with E-state index in [4.69, 9.17) is 34.0 Å². The summed E-state index contributed by atoms with van der Waals surface area (Å²) in [6.07, 6.45) is 6.74. The molecule has 0 unspecified atom stereocenters. The predicted molar refractivity (Wildman–Crippen MR) is 132 cm³/mol. The number of anilines is 1. The number of rotatable bonds is 5. The summed E-state index contributed by atoms with van der Waals surface area (Å²) in [5, 5.41) is 6.87. The lowest BCUT2D eigenvalue weighted by molar-refractivity contribution is -0.115. The summed E-state index contributed by atoms with van der Waals surface area (Å²) in [5.74, 6) is 0.273. The van der Waals surface area contributed by atoms with Crippen molar-refractivity contribution in [3.05, 3.63) is 69.3 Å². The lowest BCUT2D eigenvalue weighted by Gasteiger charge is -2.11. The van der Waals surface area contributed by atoms with E-state index in [1.54, 1.807) is 24.3 Å². The summed E-state index contributed by atoms with van der Waals surface area (Å²) in [6.45, 7) is 0. The largest absolute Gasteiger partial charge is 0.457 e. The Bertz CT molecular complexity index is 1210. The van der Waals surface area contributed by atoms with Crippen LogP contribution in [0.15, 0.2) is 46.9 Å². The number of thiocarbonyl (C=S) groups is 1. The van der Waals surface area contributed by atoms with E-state index < -0.39 is 11.8 Å². The molecular formula is C23H20ClN3O3S2. The number of hydrogen-bond donors (Lipinski definition) is 3. The molecule has 0 aliphatic heterocycles. The van der Waals surface area contributed by atoms with Crippen LogP contribution in [0.3, 0.4) is 0 Å². The third kappa shape index (κ3) is 5.09. The monoisotopic (exact) mass is 485 g/mol. The molecule has 2 heterocycles. The SMILES string of the molecule is NC(=O)c1c(NC(=S)NC(=O)C=Cc2ccc(-c3ccc(Cl)cc3)o2)sc2c1CCCC2. The molecule has 0 saturated heterocycles. The molecule has 0 spiro atoms. The van der Waals surface area contributed by atoms with Gasteiger partial charge in [0, 0.05) is 21.5 Å². The quantitative estimate of drug-likeness (QED) is 0.342. The molecule has 164 valence electrons. The average Bonchev–Trinajstić information content (AvgIpc) is 3.37. The minimum Gasteiger partial charge on any atom is -0.457 e. The second kappa shape index (κ2) is 9.68. The molecule has 1 aliphatic rings. The maximum absolute atomic E-state index is 12.3.